The van der Waals surface area contributed by atoms with Crippen molar-refractivity contribution in [1.82, 2.24) is 15.1 Å². The molecule has 1 aliphatic heterocycles. The molecule has 4 N–H and O–H groups in total. The first-order chi connectivity index (χ1) is 15.0. The summed E-state index contributed by atoms with van der Waals surface area (Å²) in [7, 11) is 3.92. The van der Waals surface area contributed by atoms with Gasteiger partial charge in [-0.25, -0.2) is 13.2 Å². The lowest BCUT2D eigenvalue weighted by Gasteiger charge is -2.49. The van der Waals surface area contributed by atoms with Crippen LogP contribution in [0.25, 0.3) is 0 Å². The summed E-state index contributed by atoms with van der Waals surface area (Å²) in [5.41, 5.74) is -1.37. The SMILES string of the molecule is CC(CN(C)C)NCC1(O)CN(C(O)c2ccc(F)c(F)c2Nc2ccc(I)cc2F)C1. The molecule has 10 heteroatoms. The molecule has 1 saturated heterocycles. The van der Waals surface area contributed by atoms with Crippen molar-refractivity contribution in [2.24, 2.45) is 0 Å². The quantitative estimate of drug-likeness (QED) is 0.352. The fourth-order valence-corrected chi connectivity index (χ4v) is 4.25. The van der Waals surface area contributed by atoms with Crippen molar-refractivity contribution in [2.75, 3.05) is 45.6 Å². The van der Waals surface area contributed by atoms with Gasteiger partial charge in [-0.15, -0.1) is 0 Å². The molecule has 176 valence electrons. The van der Waals surface area contributed by atoms with E-state index in [0.717, 1.165) is 12.6 Å². The van der Waals surface area contributed by atoms with Gasteiger partial charge in [-0.05, 0) is 73.9 Å². The number of benzene rings is 2. The first-order valence-electron chi connectivity index (χ1n) is 10.2. The summed E-state index contributed by atoms with van der Waals surface area (Å²) in [5, 5.41) is 27.4. The average molecular weight is 564 g/mol. The highest BCUT2D eigenvalue weighted by Gasteiger charge is 2.44. The Morgan fingerprint density at radius 1 is 1.16 bits per heavy atom. The molecule has 0 saturated carbocycles. The summed E-state index contributed by atoms with van der Waals surface area (Å²) < 4.78 is 43.5. The maximum atomic E-state index is 14.6. The topological polar surface area (TPSA) is 71.0 Å². The van der Waals surface area contributed by atoms with Crippen LogP contribution >= 0.6 is 22.6 Å². The lowest BCUT2D eigenvalue weighted by molar-refractivity contribution is -0.160. The molecule has 32 heavy (non-hydrogen) atoms. The molecule has 1 heterocycles. The number of anilines is 2. The number of aliphatic hydroxyl groups excluding tert-OH is 1. The average Bonchev–Trinajstić information content (AvgIpc) is 2.68. The van der Waals surface area contributed by atoms with E-state index in [1.54, 1.807) is 11.0 Å². The van der Waals surface area contributed by atoms with E-state index in [-0.39, 0.29) is 36.1 Å². The van der Waals surface area contributed by atoms with E-state index >= 15 is 0 Å². The Morgan fingerprint density at radius 2 is 1.84 bits per heavy atom. The molecular formula is C22H28F3IN4O2. The first-order valence-corrected chi connectivity index (χ1v) is 11.3. The van der Waals surface area contributed by atoms with E-state index in [9.17, 15) is 23.4 Å². The zero-order valence-electron chi connectivity index (χ0n) is 18.2. The van der Waals surface area contributed by atoms with Crippen LogP contribution in [0.2, 0.25) is 0 Å². The maximum Gasteiger partial charge on any atom is 0.182 e. The molecule has 2 aromatic rings. The third kappa shape index (κ3) is 5.91. The summed E-state index contributed by atoms with van der Waals surface area (Å²) in [6.45, 7) is 3.44. The molecular weight excluding hydrogens is 536 g/mol. The van der Waals surface area contributed by atoms with Gasteiger partial charge in [-0.2, -0.15) is 0 Å². The van der Waals surface area contributed by atoms with E-state index in [2.05, 4.69) is 10.6 Å². The van der Waals surface area contributed by atoms with Crippen molar-refractivity contribution < 1.29 is 23.4 Å². The van der Waals surface area contributed by atoms with E-state index in [4.69, 9.17) is 0 Å². The van der Waals surface area contributed by atoms with Crippen LogP contribution in [0.5, 0.6) is 0 Å². The molecule has 0 aliphatic carbocycles. The zero-order valence-corrected chi connectivity index (χ0v) is 20.3. The summed E-state index contributed by atoms with van der Waals surface area (Å²) in [4.78, 5) is 3.58. The van der Waals surface area contributed by atoms with E-state index < -0.39 is 29.3 Å². The van der Waals surface area contributed by atoms with Crippen LogP contribution in [0.4, 0.5) is 24.5 Å². The number of likely N-dealkylation sites (N-methyl/N-ethyl adjacent to an activating group) is 1. The highest BCUT2D eigenvalue weighted by Crippen LogP contribution is 2.36. The zero-order chi connectivity index (χ0) is 23.6. The summed E-state index contributed by atoms with van der Waals surface area (Å²) >= 11 is 1.94. The number of nitrogens with zero attached hydrogens (tertiary/aromatic N) is 2. The van der Waals surface area contributed by atoms with Gasteiger partial charge in [0.1, 0.15) is 17.6 Å². The van der Waals surface area contributed by atoms with E-state index in [1.165, 1.54) is 18.2 Å². The van der Waals surface area contributed by atoms with Crippen LogP contribution < -0.4 is 10.6 Å². The van der Waals surface area contributed by atoms with Crippen molar-refractivity contribution in [3.63, 3.8) is 0 Å². The molecule has 1 fully saturated rings. The number of likely N-dealkylation sites (tertiary alicyclic amines) is 1. The molecule has 0 aromatic heterocycles. The number of β-amino-alcohol motifs (C(OH)–C–C–N with tert-alkyl or cyclic N) is 1. The smallest absolute Gasteiger partial charge is 0.182 e. The number of aliphatic hydroxyl groups is 2. The number of hydrogen-bond donors (Lipinski definition) is 4. The molecule has 2 unspecified atom stereocenters. The summed E-state index contributed by atoms with van der Waals surface area (Å²) in [5.74, 6) is -2.96. The van der Waals surface area contributed by atoms with Gasteiger partial charge in [-0.1, -0.05) is 0 Å². The Kier molecular flexibility index (Phi) is 8.05. The number of nitrogens with one attached hydrogen (secondary N) is 2. The van der Waals surface area contributed by atoms with Crippen molar-refractivity contribution >= 4 is 34.0 Å². The van der Waals surface area contributed by atoms with Gasteiger partial charge in [0.2, 0.25) is 0 Å². The number of hydrogen-bond acceptors (Lipinski definition) is 6. The van der Waals surface area contributed by atoms with Crippen molar-refractivity contribution in [3.05, 3.63) is 56.9 Å². The van der Waals surface area contributed by atoms with Gasteiger partial charge >= 0.3 is 0 Å². The molecule has 6 nitrogen and oxygen atoms in total. The van der Waals surface area contributed by atoms with Gasteiger partial charge in [0.05, 0.1) is 11.4 Å². The Labute approximate surface area is 199 Å². The minimum atomic E-state index is -1.31. The van der Waals surface area contributed by atoms with Crippen molar-refractivity contribution in [1.29, 1.82) is 0 Å². The molecule has 0 radical (unpaired) electrons. The fourth-order valence-electron chi connectivity index (χ4n) is 3.80. The summed E-state index contributed by atoms with van der Waals surface area (Å²) in [6.07, 6.45) is -1.31. The molecule has 0 spiro atoms. The normalized spacial score (nSPS) is 17.8. The highest BCUT2D eigenvalue weighted by molar-refractivity contribution is 14.1. The van der Waals surface area contributed by atoms with Crippen LogP contribution in [0.15, 0.2) is 30.3 Å². The van der Waals surface area contributed by atoms with Gasteiger partial charge in [0, 0.05) is 41.4 Å². The monoisotopic (exact) mass is 564 g/mol. The molecule has 0 bridgehead atoms. The maximum absolute atomic E-state index is 14.6. The Bertz CT molecular complexity index is 957. The molecule has 3 rings (SSSR count). The molecule has 0 amide bonds. The predicted molar refractivity (Wildman–Crippen MR) is 126 cm³/mol. The van der Waals surface area contributed by atoms with Crippen LogP contribution in [-0.4, -0.2) is 71.9 Å². The second kappa shape index (κ2) is 10.2. The lowest BCUT2D eigenvalue weighted by Crippen LogP contribution is -2.67. The minimum absolute atomic E-state index is 0.0393. The Morgan fingerprint density at radius 3 is 2.47 bits per heavy atom. The van der Waals surface area contributed by atoms with Crippen molar-refractivity contribution in [3.8, 4) is 0 Å². The third-order valence-corrected chi connectivity index (χ3v) is 6.03. The van der Waals surface area contributed by atoms with Crippen LogP contribution in [0, 0.1) is 21.0 Å². The molecule has 2 atom stereocenters. The van der Waals surface area contributed by atoms with Gasteiger partial charge in [0.15, 0.2) is 11.6 Å². The second-order valence-corrected chi connectivity index (χ2v) is 9.87. The van der Waals surface area contributed by atoms with Crippen LogP contribution in [0.3, 0.4) is 0 Å². The van der Waals surface area contributed by atoms with E-state index in [0.29, 0.717) is 10.1 Å². The highest BCUT2D eigenvalue weighted by atomic mass is 127. The van der Waals surface area contributed by atoms with Gasteiger partial charge < -0.3 is 25.7 Å². The number of halogens is 4. The second-order valence-electron chi connectivity index (χ2n) is 8.62. The minimum Gasteiger partial charge on any atom is -0.386 e. The third-order valence-electron chi connectivity index (χ3n) is 5.36. The van der Waals surface area contributed by atoms with Gasteiger partial charge in [-0.3, -0.25) is 4.90 Å². The molecule has 2 aromatic carbocycles. The summed E-state index contributed by atoms with van der Waals surface area (Å²) in [6, 6.07) is 6.64. The van der Waals surface area contributed by atoms with E-state index in [1.807, 2.05) is 48.5 Å². The standard InChI is InChI=1S/C22H28F3IN4O2/c1-13(9-29(2)3)27-10-22(32)11-30(12-22)21(31)15-5-6-16(23)19(25)20(15)28-18-7-4-14(26)8-17(18)24/h4-8,13,21,27-28,31-32H,9-12H2,1-3H3. The Balaban J connectivity index is 1.72. The van der Waals surface area contributed by atoms with Crippen LogP contribution in [0.1, 0.15) is 18.7 Å². The predicted octanol–water partition coefficient (Wildman–Crippen LogP) is 3.03. The first kappa shape index (κ1) is 25.2. The lowest BCUT2D eigenvalue weighted by atomic mass is 9.92. The van der Waals surface area contributed by atoms with Crippen molar-refractivity contribution in [2.45, 2.75) is 24.8 Å². The molecule has 1 aliphatic rings. The fraction of sp³-hybridized carbons (Fsp3) is 0.455. The number of rotatable bonds is 9. The largest absolute Gasteiger partial charge is 0.386 e. The van der Waals surface area contributed by atoms with Crippen LogP contribution in [-0.2, 0) is 0 Å². The Hall–Kier alpha value is -1.44. The van der Waals surface area contributed by atoms with Gasteiger partial charge in [0.25, 0.3) is 0 Å².